The number of benzene rings is 2. The number of hydrogen-bond donors (Lipinski definition) is 4. The van der Waals surface area contributed by atoms with Gasteiger partial charge >= 0.3 is 11.7 Å². The molecule has 5 N–H and O–H groups in total. The third kappa shape index (κ3) is 5.80. The van der Waals surface area contributed by atoms with Crippen LogP contribution in [0.5, 0.6) is 0 Å². The van der Waals surface area contributed by atoms with Crippen molar-refractivity contribution in [3.8, 4) is 11.1 Å². The second-order valence-electron chi connectivity index (χ2n) is 6.94. The number of rotatable bonds is 8. The van der Waals surface area contributed by atoms with E-state index in [1.165, 1.54) is 18.2 Å². The zero-order chi connectivity index (χ0) is 22.5. The van der Waals surface area contributed by atoms with Gasteiger partial charge in [0.2, 0.25) is 0 Å². The Hall–Kier alpha value is -3.43. The maximum Gasteiger partial charge on any atom is 0.416 e. The molecule has 3 aromatic rings. The number of nitrogens with two attached hydrogens (primary N) is 1. The topological polar surface area (TPSA) is 138 Å². The predicted molar refractivity (Wildman–Crippen MR) is 111 cm³/mol. The number of halogens is 2. The van der Waals surface area contributed by atoms with Gasteiger partial charge in [-0.15, -0.1) is 0 Å². The van der Waals surface area contributed by atoms with Gasteiger partial charge in [0.1, 0.15) is 23.8 Å². The van der Waals surface area contributed by atoms with Crippen molar-refractivity contribution >= 4 is 23.5 Å². The number of aromatic amines is 1. The molecule has 0 bridgehead atoms. The normalized spacial score (nSPS) is 12.9. The molecular weight excluding hydrogens is 429 g/mol. The summed E-state index contributed by atoms with van der Waals surface area (Å²) in [6.45, 7) is 0. The lowest BCUT2D eigenvalue weighted by molar-refractivity contribution is -0.138. The van der Waals surface area contributed by atoms with Gasteiger partial charge in [0.05, 0.1) is 0 Å². The van der Waals surface area contributed by atoms with Crippen LogP contribution in [0.2, 0.25) is 5.02 Å². The van der Waals surface area contributed by atoms with Crippen LogP contribution in [-0.4, -0.2) is 34.1 Å². The van der Waals surface area contributed by atoms with Crippen molar-refractivity contribution in [2.24, 2.45) is 5.73 Å². The number of carbonyl (C=O) groups is 2. The number of aliphatic carboxylic acids is 1. The van der Waals surface area contributed by atoms with Crippen LogP contribution in [0.1, 0.15) is 22.5 Å². The molecule has 0 aliphatic heterocycles. The zero-order valence-electron chi connectivity index (χ0n) is 16.1. The van der Waals surface area contributed by atoms with Gasteiger partial charge < -0.3 is 20.6 Å². The highest BCUT2D eigenvalue weighted by Gasteiger charge is 2.22. The number of carboxylic acids is 1. The van der Waals surface area contributed by atoms with Crippen molar-refractivity contribution in [1.29, 1.82) is 0 Å². The van der Waals surface area contributed by atoms with Crippen molar-refractivity contribution in [3.63, 3.8) is 0 Å². The van der Waals surface area contributed by atoms with Crippen LogP contribution in [0.3, 0.4) is 0 Å². The van der Waals surface area contributed by atoms with Crippen molar-refractivity contribution < 1.29 is 23.5 Å². The van der Waals surface area contributed by atoms with Crippen LogP contribution in [0.25, 0.3) is 11.1 Å². The second kappa shape index (κ2) is 9.59. The molecule has 2 aromatic carbocycles. The van der Waals surface area contributed by atoms with Crippen molar-refractivity contribution in [2.45, 2.75) is 24.9 Å². The Morgan fingerprint density at radius 1 is 1.23 bits per heavy atom. The molecule has 10 heteroatoms. The lowest BCUT2D eigenvalue weighted by Gasteiger charge is -2.20. The first-order chi connectivity index (χ1) is 14.7. The van der Waals surface area contributed by atoms with E-state index in [2.05, 4.69) is 14.7 Å². The Morgan fingerprint density at radius 2 is 1.94 bits per heavy atom. The van der Waals surface area contributed by atoms with E-state index in [1.54, 1.807) is 24.3 Å². The highest BCUT2D eigenvalue weighted by molar-refractivity contribution is 6.30. The third-order valence-corrected chi connectivity index (χ3v) is 4.87. The molecule has 3 rings (SSSR count). The summed E-state index contributed by atoms with van der Waals surface area (Å²) in [7, 11) is 0. The fraction of sp³-hybridized carbons (Fsp3) is 0.190. The quantitative estimate of drug-likeness (QED) is 0.418. The van der Waals surface area contributed by atoms with Gasteiger partial charge in [-0.25, -0.2) is 9.18 Å². The summed E-state index contributed by atoms with van der Waals surface area (Å²) in [6.07, 6.45) is 1.18. The summed E-state index contributed by atoms with van der Waals surface area (Å²) >= 11 is 5.95. The number of H-pyrrole nitrogens is 1. The van der Waals surface area contributed by atoms with Crippen molar-refractivity contribution in [3.05, 3.63) is 81.4 Å². The van der Waals surface area contributed by atoms with Crippen LogP contribution < -0.4 is 16.8 Å². The Labute approximate surface area is 180 Å². The average Bonchev–Trinajstić information content (AvgIpc) is 3.17. The first-order valence-corrected chi connectivity index (χ1v) is 9.62. The summed E-state index contributed by atoms with van der Waals surface area (Å²) < 4.78 is 18.6. The largest absolute Gasteiger partial charge is 0.480 e. The molecule has 31 heavy (non-hydrogen) atoms. The molecule has 1 unspecified atom stereocenters. The van der Waals surface area contributed by atoms with Gasteiger partial charge in [-0.2, -0.15) is 0 Å². The Bertz CT molecular complexity index is 1140. The number of hydrogen-bond acceptors (Lipinski definition) is 5. The smallest absolute Gasteiger partial charge is 0.416 e. The van der Waals surface area contributed by atoms with E-state index >= 15 is 0 Å². The summed E-state index contributed by atoms with van der Waals surface area (Å²) in [5.41, 5.74) is 7.27. The number of carboxylic acid groups (broad SMARTS) is 1. The molecule has 0 radical (unpaired) electrons. The molecule has 1 amide bonds. The predicted octanol–water partition coefficient (Wildman–Crippen LogP) is 2.57. The minimum Gasteiger partial charge on any atom is -0.480 e. The zero-order valence-corrected chi connectivity index (χ0v) is 16.9. The van der Waals surface area contributed by atoms with Crippen molar-refractivity contribution in [2.75, 3.05) is 0 Å². The lowest BCUT2D eigenvalue weighted by Crippen LogP contribution is -2.43. The number of nitrogens with one attached hydrogen (secondary N) is 2. The van der Waals surface area contributed by atoms with Crippen LogP contribution >= 0.6 is 11.6 Å². The van der Waals surface area contributed by atoms with Gasteiger partial charge in [-0.05, 0) is 42.2 Å². The number of carbonyl (C=O) groups excluding carboxylic acids is 1. The average molecular weight is 448 g/mol. The Balaban J connectivity index is 1.78. The molecular formula is C21H19ClFN3O5. The molecule has 0 saturated heterocycles. The highest BCUT2D eigenvalue weighted by Crippen LogP contribution is 2.26. The summed E-state index contributed by atoms with van der Waals surface area (Å²) in [5, 5.41) is 12.2. The third-order valence-electron chi connectivity index (χ3n) is 4.63. The van der Waals surface area contributed by atoms with E-state index in [-0.39, 0.29) is 18.5 Å². The van der Waals surface area contributed by atoms with E-state index in [0.29, 0.717) is 16.1 Å². The molecule has 8 nitrogen and oxygen atoms in total. The molecule has 0 fully saturated rings. The SMILES string of the molecule is N[C@H](CC(Cc1ccc(-c2cc(Cl)ccc2F)cc1)NC(=O)c1coc(=O)[nH]1)C(=O)O. The van der Waals surface area contributed by atoms with Crippen LogP contribution in [0.4, 0.5) is 4.39 Å². The molecule has 162 valence electrons. The molecule has 0 aliphatic rings. The molecule has 1 heterocycles. The second-order valence-corrected chi connectivity index (χ2v) is 7.37. The minimum atomic E-state index is -1.21. The maximum absolute atomic E-state index is 14.1. The molecule has 0 aliphatic carbocycles. The molecule has 1 aromatic heterocycles. The van der Waals surface area contributed by atoms with E-state index in [0.717, 1.165) is 11.8 Å². The van der Waals surface area contributed by atoms with Gasteiger partial charge in [0.15, 0.2) is 0 Å². The monoisotopic (exact) mass is 447 g/mol. The first-order valence-electron chi connectivity index (χ1n) is 9.24. The van der Waals surface area contributed by atoms with E-state index in [1.807, 2.05) is 0 Å². The molecule has 0 saturated carbocycles. The molecule has 2 atom stereocenters. The Morgan fingerprint density at radius 3 is 2.55 bits per heavy atom. The number of oxazole rings is 1. The van der Waals surface area contributed by atoms with E-state index < -0.39 is 35.5 Å². The minimum absolute atomic E-state index is 0.0478. The summed E-state index contributed by atoms with van der Waals surface area (Å²) in [5.74, 6) is -3.04. The molecule has 0 spiro atoms. The summed E-state index contributed by atoms with van der Waals surface area (Å²) in [6, 6.07) is 9.29. The van der Waals surface area contributed by atoms with E-state index in [4.69, 9.17) is 22.4 Å². The van der Waals surface area contributed by atoms with Gasteiger partial charge in [-0.1, -0.05) is 35.9 Å². The fourth-order valence-corrected chi connectivity index (χ4v) is 3.25. The lowest BCUT2D eigenvalue weighted by atomic mass is 9.97. The number of amides is 1. The van der Waals surface area contributed by atoms with Crippen LogP contribution in [0.15, 0.2) is 57.9 Å². The standard InChI is InChI=1S/C21H19ClFN3O5/c22-13-5-6-16(23)15(8-13)12-3-1-11(2-4-12)7-14(9-17(24)20(28)29)25-19(27)18-10-31-21(30)26-18/h1-6,8,10,14,17H,7,9,24H2,(H,25,27)(H,26,30)(H,28,29)/t14?,17-/m1/s1. The van der Waals surface area contributed by atoms with Crippen molar-refractivity contribution in [1.82, 2.24) is 10.3 Å². The maximum atomic E-state index is 14.1. The number of aromatic nitrogens is 1. The van der Waals surface area contributed by atoms with Gasteiger partial charge in [0.25, 0.3) is 5.91 Å². The first kappa shape index (κ1) is 22.3. The van der Waals surface area contributed by atoms with Crippen LogP contribution in [0, 0.1) is 5.82 Å². The van der Waals surface area contributed by atoms with Gasteiger partial charge in [-0.3, -0.25) is 14.6 Å². The van der Waals surface area contributed by atoms with Gasteiger partial charge in [0, 0.05) is 16.6 Å². The van der Waals surface area contributed by atoms with E-state index in [9.17, 15) is 18.8 Å². The van der Waals surface area contributed by atoms with Crippen LogP contribution in [-0.2, 0) is 11.2 Å². The fourth-order valence-electron chi connectivity index (χ4n) is 3.08. The highest BCUT2D eigenvalue weighted by atomic mass is 35.5. The summed E-state index contributed by atoms with van der Waals surface area (Å²) in [4.78, 5) is 36.8. The Kier molecular flexibility index (Phi) is 6.88.